The van der Waals surface area contributed by atoms with E-state index in [9.17, 15) is 17.9 Å². The Morgan fingerprint density at radius 3 is 2.47 bits per heavy atom. The zero-order valence-electron chi connectivity index (χ0n) is 9.34. The number of benzene rings is 1. The second-order valence-corrected chi connectivity index (χ2v) is 6.50. The zero-order valence-corrected chi connectivity index (χ0v) is 10.2. The molecule has 3 nitrogen and oxygen atoms in total. The number of hydrogen-bond acceptors (Lipinski definition) is 3. The summed E-state index contributed by atoms with van der Waals surface area (Å²) in [4.78, 5) is -0.300. The van der Waals surface area contributed by atoms with Gasteiger partial charge in [-0.05, 0) is 25.0 Å². The molecule has 1 aromatic carbocycles. The van der Waals surface area contributed by atoms with Crippen molar-refractivity contribution in [1.82, 2.24) is 0 Å². The number of hydrogen-bond donors (Lipinski definition) is 1. The van der Waals surface area contributed by atoms with Crippen LogP contribution in [0.1, 0.15) is 25.7 Å². The Balaban J connectivity index is 2.39. The summed E-state index contributed by atoms with van der Waals surface area (Å²) in [5.74, 6) is -0.745. The quantitative estimate of drug-likeness (QED) is 0.881. The predicted octanol–water partition coefficient (Wildman–Crippen LogP) is 1.90. The Kier molecular flexibility index (Phi) is 3.49. The average Bonchev–Trinajstić information content (AvgIpc) is 2.29. The van der Waals surface area contributed by atoms with Crippen molar-refractivity contribution < 1.29 is 17.9 Å². The molecule has 0 aliphatic heterocycles. The fourth-order valence-electron chi connectivity index (χ4n) is 2.28. The number of rotatable bonds is 2. The second-order valence-electron chi connectivity index (χ2n) is 4.37. The van der Waals surface area contributed by atoms with Crippen LogP contribution in [0.25, 0.3) is 0 Å². The fraction of sp³-hybridized carbons (Fsp3) is 0.500. The summed E-state index contributed by atoms with van der Waals surface area (Å²) < 4.78 is 37.9. The highest BCUT2D eigenvalue weighted by Crippen LogP contribution is 2.29. The Hall–Kier alpha value is -0.940. The van der Waals surface area contributed by atoms with Gasteiger partial charge >= 0.3 is 0 Å². The largest absolute Gasteiger partial charge is 0.392 e. The molecule has 2 rings (SSSR count). The van der Waals surface area contributed by atoms with E-state index in [1.54, 1.807) is 0 Å². The van der Waals surface area contributed by atoms with E-state index < -0.39 is 27.0 Å². The molecule has 1 saturated carbocycles. The van der Waals surface area contributed by atoms with Crippen LogP contribution < -0.4 is 0 Å². The molecule has 5 heteroatoms. The molecular formula is C12H15FO3S. The smallest absolute Gasteiger partial charge is 0.186 e. The Labute approximate surface area is 100 Å². The van der Waals surface area contributed by atoms with Crippen molar-refractivity contribution in [2.75, 3.05) is 0 Å². The monoisotopic (exact) mass is 258 g/mol. The average molecular weight is 258 g/mol. The van der Waals surface area contributed by atoms with Crippen LogP contribution in [0.15, 0.2) is 29.2 Å². The summed E-state index contributed by atoms with van der Waals surface area (Å²) in [6.07, 6.45) is 1.57. The lowest BCUT2D eigenvalue weighted by Crippen LogP contribution is -2.37. The van der Waals surface area contributed by atoms with Crippen LogP contribution in [0, 0.1) is 5.82 Å². The van der Waals surface area contributed by atoms with Gasteiger partial charge in [0, 0.05) is 0 Å². The lowest BCUT2D eigenvalue weighted by atomic mass is 9.97. The van der Waals surface area contributed by atoms with Crippen LogP contribution in [0.2, 0.25) is 0 Å². The fourth-order valence-corrected chi connectivity index (χ4v) is 4.24. The van der Waals surface area contributed by atoms with Gasteiger partial charge in [-0.15, -0.1) is 0 Å². The third kappa shape index (κ3) is 2.35. The zero-order chi connectivity index (χ0) is 12.5. The van der Waals surface area contributed by atoms with Crippen LogP contribution in [-0.2, 0) is 9.84 Å². The van der Waals surface area contributed by atoms with Gasteiger partial charge in [0.15, 0.2) is 9.84 Å². The summed E-state index contributed by atoms with van der Waals surface area (Å²) in [5.41, 5.74) is 0. The van der Waals surface area contributed by atoms with Gasteiger partial charge in [0.2, 0.25) is 0 Å². The predicted molar refractivity (Wildman–Crippen MR) is 61.8 cm³/mol. The van der Waals surface area contributed by atoms with Crippen LogP contribution in [-0.4, -0.2) is 24.9 Å². The first-order valence-corrected chi connectivity index (χ1v) is 7.24. The summed E-state index contributed by atoms with van der Waals surface area (Å²) in [7, 11) is -3.77. The highest BCUT2D eigenvalue weighted by molar-refractivity contribution is 7.92. The molecule has 2 unspecified atom stereocenters. The molecule has 17 heavy (non-hydrogen) atoms. The number of sulfone groups is 1. The van der Waals surface area contributed by atoms with E-state index >= 15 is 0 Å². The molecule has 1 fully saturated rings. The Morgan fingerprint density at radius 1 is 1.18 bits per heavy atom. The van der Waals surface area contributed by atoms with E-state index in [1.165, 1.54) is 18.2 Å². The molecule has 0 heterocycles. The molecule has 0 bridgehead atoms. The third-order valence-electron chi connectivity index (χ3n) is 3.21. The first-order chi connectivity index (χ1) is 8.03. The summed E-state index contributed by atoms with van der Waals surface area (Å²) >= 11 is 0. The van der Waals surface area contributed by atoms with Crippen LogP contribution in [0.4, 0.5) is 4.39 Å². The second kappa shape index (κ2) is 4.74. The van der Waals surface area contributed by atoms with Crippen molar-refractivity contribution >= 4 is 9.84 Å². The lowest BCUT2D eigenvalue weighted by molar-refractivity contribution is 0.133. The number of aliphatic hydroxyl groups is 1. The van der Waals surface area contributed by atoms with Crippen molar-refractivity contribution in [3.8, 4) is 0 Å². The maximum atomic E-state index is 13.5. The highest BCUT2D eigenvalue weighted by atomic mass is 32.2. The molecule has 2 atom stereocenters. The van der Waals surface area contributed by atoms with Gasteiger partial charge in [0.1, 0.15) is 10.7 Å². The van der Waals surface area contributed by atoms with Gasteiger partial charge in [-0.25, -0.2) is 12.8 Å². The van der Waals surface area contributed by atoms with Gasteiger partial charge < -0.3 is 5.11 Å². The minimum absolute atomic E-state index is 0.300. The molecule has 1 N–H and O–H groups in total. The van der Waals surface area contributed by atoms with Crippen molar-refractivity contribution in [3.63, 3.8) is 0 Å². The minimum atomic E-state index is -3.77. The van der Waals surface area contributed by atoms with E-state index in [4.69, 9.17) is 0 Å². The maximum absolute atomic E-state index is 13.5. The van der Waals surface area contributed by atoms with Crippen LogP contribution in [0.5, 0.6) is 0 Å². The minimum Gasteiger partial charge on any atom is -0.392 e. The Bertz CT molecular complexity index is 498. The van der Waals surface area contributed by atoms with Gasteiger partial charge in [-0.3, -0.25) is 0 Å². The topological polar surface area (TPSA) is 54.4 Å². The number of aliphatic hydroxyl groups excluding tert-OH is 1. The van der Waals surface area contributed by atoms with Crippen molar-refractivity contribution in [2.45, 2.75) is 41.9 Å². The number of halogens is 1. The van der Waals surface area contributed by atoms with Gasteiger partial charge in [0.05, 0.1) is 11.4 Å². The summed E-state index contributed by atoms with van der Waals surface area (Å²) in [6, 6.07) is 5.32. The highest BCUT2D eigenvalue weighted by Gasteiger charge is 2.36. The van der Waals surface area contributed by atoms with E-state index in [1.807, 2.05) is 0 Å². The standard InChI is InChI=1S/C12H15FO3S/c13-9-5-1-3-7-11(9)17(15,16)12-8-4-2-6-10(12)14/h1,3,5,7,10,12,14H,2,4,6,8H2. The van der Waals surface area contributed by atoms with E-state index in [0.717, 1.165) is 18.9 Å². The first-order valence-electron chi connectivity index (χ1n) is 5.70. The SMILES string of the molecule is O=S(=O)(c1ccccc1F)C1CCCCC1O. The van der Waals surface area contributed by atoms with Gasteiger partial charge in [-0.1, -0.05) is 25.0 Å². The third-order valence-corrected chi connectivity index (χ3v) is 5.50. The van der Waals surface area contributed by atoms with Crippen LogP contribution in [0.3, 0.4) is 0 Å². The molecule has 0 spiro atoms. The summed E-state index contributed by atoms with van der Waals surface area (Å²) in [5, 5.41) is 8.89. The Morgan fingerprint density at radius 2 is 1.82 bits per heavy atom. The van der Waals surface area contributed by atoms with Crippen molar-refractivity contribution in [3.05, 3.63) is 30.1 Å². The van der Waals surface area contributed by atoms with E-state index in [-0.39, 0.29) is 4.90 Å². The molecule has 94 valence electrons. The molecule has 1 aliphatic carbocycles. The molecule has 1 aromatic rings. The van der Waals surface area contributed by atoms with Crippen molar-refractivity contribution in [2.24, 2.45) is 0 Å². The maximum Gasteiger partial charge on any atom is 0.186 e. The molecule has 0 saturated heterocycles. The van der Waals surface area contributed by atoms with Crippen LogP contribution >= 0.6 is 0 Å². The molecule has 1 aliphatic rings. The molecule has 0 radical (unpaired) electrons. The van der Waals surface area contributed by atoms with Crippen molar-refractivity contribution in [1.29, 1.82) is 0 Å². The van der Waals surface area contributed by atoms with Gasteiger partial charge in [-0.2, -0.15) is 0 Å². The first kappa shape index (κ1) is 12.5. The van der Waals surface area contributed by atoms with E-state index in [0.29, 0.717) is 12.8 Å². The van der Waals surface area contributed by atoms with Gasteiger partial charge in [0.25, 0.3) is 0 Å². The molecule has 0 amide bonds. The molecule has 0 aromatic heterocycles. The lowest BCUT2D eigenvalue weighted by Gasteiger charge is -2.27. The summed E-state index contributed by atoms with van der Waals surface area (Å²) in [6.45, 7) is 0. The normalized spacial score (nSPS) is 25.8. The van der Waals surface area contributed by atoms with E-state index in [2.05, 4.69) is 0 Å². The molecular weight excluding hydrogens is 243 g/mol.